The van der Waals surface area contributed by atoms with Gasteiger partial charge >= 0.3 is 5.97 Å². The molecule has 9 nitrogen and oxygen atoms in total. The molecule has 0 aromatic heterocycles. The number of thioether (sulfide) groups is 1. The summed E-state index contributed by atoms with van der Waals surface area (Å²) in [5.74, 6) is -1.24. The van der Waals surface area contributed by atoms with Crippen LogP contribution in [0.15, 0.2) is 59.5 Å². The fraction of sp³-hybridized carbons (Fsp3) is 0.250. The van der Waals surface area contributed by atoms with Crippen molar-refractivity contribution in [1.29, 1.82) is 0 Å². The molecule has 2 rings (SSSR count). The molecule has 2 amide bonds. The van der Waals surface area contributed by atoms with E-state index in [1.54, 1.807) is 30.3 Å². The van der Waals surface area contributed by atoms with Crippen molar-refractivity contribution in [2.24, 2.45) is 5.14 Å². The van der Waals surface area contributed by atoms with Crippen LogP contribution in [0.1, 0.15) is 16.8 Å². The molecule has 2 aromatic carbocycles. The molecule has 0 aliphatic heterocycles. The second kappa shape index (κ2) is 11.5. The van der Waals surface area contributed by atoms with Crippen molar-refractivity contribution in [3.05, 3.63) is 60.2 Å². The zero-order chi connectivity index (χ0) is 22.9. The number of benzene rings is 2. The van der Waals surface area contributed by atoms with E-state index in [1.165, 1.54) is 36.0 Å². The number of primary sulfonamides is 1. The van der Waals surface area contributed by atoms with Crippen LogP contribution in [0.2, 0.25) is 0 Å². The van der Waals surface area contributed by atoms with Crippen molar-refractivity contribution in [3.63, 3.8) is 0 Å². The lowest BCUT2D eigenvalue weighted by Gasteiger charge is -2.17. The first-order valence-corrected chi connectivity index (χ1v) is 12.1. The number of esters is 1. The first kappa shape index (κ1) is 24.4. The minimum Gasteiger partial charge on any atom is -0.454 e. The number of hydrogen-bond acceptors (Lipinski definition) is 7. The number of nitrogens with one attached hydrogen (secondary N) is 2. The summed E-state index contributed by atoms with van der Waals surface area (Å²) < 4.78 is 27.8. The van der Waals surface area contributed by atoms with Gasteiger partial charge in [0.25, 0.3) is 11.8 Å². The molecule has 0 radical (unpaired) electrons. The summed E-state index contributed by atoms with van der Waals surface area (Å²) in [6.07, 6.45) is 2.20. The summed E-state index contributed by atoms with van der Waals surface area (Å²) in [6.45, 7) is -0.602. The average Bonchev–Trinajstić information content (AvgIpc) is 2.75. The number of anilines is 1. The molecule has 4 N–H and O–H groups in total. The zero-order valence-electron chi connectivity index (χ0n) is 16.7. The molecule has 0 spiro atoms. The fourth-order valence-electron chi connectivity index (χ4n) is 2.50. The van der Waals surface area contributed by atoms with Crippen molar-refractivity contribution in [2.75, 3.05) is 23.9 Å². The standard InChI is InChI=1S/C20H23N3O6S2/c1-30-11-10-17(23-19(25)14-6-3-2-4-7-14)20(26)29-13-18(24)22-15-8-5-9-16(12-15)31(21,27)28/h2-9,12,17H,10-11,13H2,1H3,(H,22,24)(H,23,25)(H2,21,27,28)/t17-/m1/s1. The number of amides is 2. The van der Waals surface area contributed by atoms with Crippen LogP contribution in [-0.2, 0) is 24.3 Å². The van der Waals surface area contributed by atoms with Crippen LogP contribution >= 0.6 is 11.8 Å². The molecule has 31 heavy (non-hydrogen) atoms. The van der Waals surface area contributed by atoms with Crippen LogP contribution in [0.4, 0.5) is 5.69 Å². The molecular formula is C20H23N3O6S2. The highest BCUT2D eigenvalue weighted by atomic mass is 32.2. The maximum atomic E-state index is 12.4. The third-order valence-corrected chi connectivity index (χ3v) is 5.58. The van der Waals surface area contributed by atoms with Gasteiger partial charge in [-0.25, -0.2) is 18.4 Å². The molecule has 0 bridgehead atoms. The molecule has 0 unspecified atom stereocenters. The summed E-state index contributed by atoms with van der Waals surface area (Å²) in [7, 11) is -3.92. The van der Waals surface area contributed by atoms with E-state index in [9.17, 15) is 22.8 Å². The van der Waals surface area contributed by atoms with E-state index in [0.29, 0.717) is 17.7 Å². The Kier molecular flexibility index (Phi) is 9.03. The Balaban J connectivity index is 1.95. The molecule has 2 aromatic rings. The van der Waals surface area contributed by atoms with E-state index in [2.05, 4.69) is 10.6 Å². The summed E-state index contributed by atoms with van der Waals surface area (Å²) in [6, 6.07) is 12.9. The number of nitrogens with two attached hydrogens (primary N) is 1. The average molecular weight is 466 g/mol. The van der Waals surface area contributed by atoms with Gasteiger partial charge in [0.15, 0.2) is 6.61 Å². The van der Waals surface area contributed by atoms with Gasteiger partial charge in [0, 0.05) is 11.3 Å². The Labute approximate surface area is 184 Å². The van der Waals surface area contributed by atoms with Crippen molar-refractivity contribution in [2.45, 2.75) is 17.4 Å². The molecule has 1 atom stereocenters. The number of hydrogen-bond donors (Lipinski definition) is 3. The SMILES string of the molecule is CSCC[C@@H](NC(=O)c1ccccc1)C(=O)OCC(=O)Nc1cccc(S(N)(=O)=O)c1. The third kappa shape index (κ3) is 8.04. The van der Waals surface area contributed by atoms with Gasteiger partial charge in [-0.05, 0) is 48.8 Å². The Morgan fingerprint density at radius 1 is 1.10 bits per heavy atom. The van der Waals surface area contributed by atoms with Crippen molar-refractivity contribution in [3.8, 4) is 0 Å². The Morgan fingerprint density at radius 2 is 1.81 bits per heavy atom. The molecule has 166 valence electrons. The zero-order valence-corrected chi connectivity index (χ0v) is 18.4. The van der Waals surface area contributed by atoms with Crippen LogP contribution in [0, 0.1) is 0 Å². The minimum atomic E-state index is -3.92. The van der Waals surface area contributed by atoms with Crippen molar-refractivity contribution >= 4 is 45.3 Å². The number of ether oxygens (including phenoxy) is 1. The molecule has 0 heterocycles. The van der Waals surface area contributed by atoms with E-state index in [1.807, 2.05) is 6.26 Å². The summed E-state index contributed by atoms with van der Waals surface area (Å²) in [5, 5.41) is 10.1. The van der Waals surface area contributed by atoms with Gasteiger partial charge in [-0.3, -0.25) is 9.59 Å². The van der Waals surface area contributed by atoms with E-state index >= 15 is 0 Å². The Bertz CT molecular complexity index is 1030. The topological polar surface area (TPSA) is 145 Å². The van der Waals surface area contributed by atoms with Crippen molar-refractivity contribution < 1.29 is 27.5 Å². The first-order chi connectivity index (χ1) is 14.7. The predicted molar refractivity (Wildman–Crippen MR) is 118 cm³/mol. The van der Waals surface area contributed by atoms with Crippen LogP contribution in [0.5, 0.6) is 0 Å². The molecular weight excluding hydrogens is 442 g/mol. The largest absolute Gasteiger partial charge is 0.454 e. The quantitative estimate of drug-likeness (QED) is 0.449. The van der Waals surface area contributed by atoms with Gasteiger partial charge in [-0.15, -0.1) is 0 Å². The molecule has 0 saturated heterocycles. The molecule has 0 fully saturated rings. The van der Waals surface area contributed by atoms with Gasteiger partial charge < -0.3 is 15.4 Å². The fourth-order valence-corrected chi connectivity index (χ4v) is 3.53. The van der Waals surface area contributed by atoms with Crippen LogP contribution < -0.4 is 15.8 Å². The normalized spacial score (nSPS) is 11.9. The first-order valence-electron chi connectivity index (χ1n) is 9.15. The van der Waals surface area contributed by atoms with Gasteiger partial charge in [0.05, 0.1) is 4.90 Å². The highest BCUT2D eigenvalue weighted by Crippen LogP contribution is 2.14. The second-order valence-electron chi connectivity index (χ2n) is 6.40. The summed E-state index contributed by atoms with van der Waals surface area (Å²) in [5.41, 5.74) is 0.584. The van der Waals surface area contributed by atoms with Crippen LogP contribution in [-0.4, -0.2) is 50.9 Å². The van der Waals surface area contributed by atoms with E-state index < -0.39 is 40.5 Å². The minimum absolute atomic E-state index is 0.164. The van der Waals surface area contributed by atoms with Crippen LogP contribution in [0.3, 0.4) is 0 Å². The number of sulfonamides is 1. The maximum Gasteiger partial charge on any atom is 0.329 e. The Morgan fingerprint density at radius 3 is 2.45 bits per heavy atom. The molecule has 0 saturated carbocycles. The van der Waals surface area contributed by atoms with E-state index in [-0.39, 0.29) is 10.6 Å². The second-order valence-corrected chi connectivity index (χ2v) is 8.95. The van der Waals surface area contributed by atoms with E-state index in [0.717, 1.165) is 0 Å². The third-order valence-electron chi connectivity index (χ3n) is 4.03. The molecule has 11 heteroatoms. The lowest BCUT2D eigenvalue weighted by Crippen LogP contribution is -2.43. The monoisotopic (exact) mass is 465 g/mol. The van der Waals surface area contributed by atoms with Gasteiger partial charge in [0.2, 0.25) is 10.0 Å². The Hall–Kier alpha value is -2.89. The van der Waals surface area contributed by atoms with Crippen molar-refractivity contribution in [1.82, 2.24) is 5.32 Å². The predicted octanol–water partition coefficient (Wildman–Crippen LogP) is 1.37. The highest BCUT2D eigenvalue weighted by Gasteiger charge is 2.23. The lowest BCUT2D eigenvalue weighted by molar-refractivity contribution is -0.149. The lowest BCUT2D eigenvalue weighted by atomic mass is 10.1. The van der Waals surface area contributed by atoms with Gasteiger partial charge in [0.1, 0.15) is 6.04 Å². The summed E-state index contributed by atoms with van der Waals surface area (Å²) >= 11 is 1.50. The number of rotatable bonds is 10. The summed E-state index contributed by atoms with van der Waals surface area (Å²) in [4.78, 5) is 36.7. The number of carbonyl (C=O) groups is 3. The molecule has 0 aliphatic carbocycles. The highest BCUT2D eigenvalue weighted by molar-refractivity contribution is 7.98. The molecule has 0 aliphatic rings. The van der Waals surface area contributed by atoms with Gasteiger partial charge in [-0.2, -0.15) is 11.8 Å². The maximum absolute atomic E-state index is 12.4. The van der Waals surface area contributed by atoms with Crippen LogP contribution in [0.25, 0.3) is 0 Å². The smallest absolute Gasteiger partial charge is 0.329 e. The van der Waals surface area contributed by atoms with Gasteiger partial charge in [-0.1, -0.05) is 24.3 Å². The number of carbonyl (C=O) groups excluding carboxylic acids is 3. The van der Waals surface area contributed by atoms with E-state index in [4.69, 9.17) is 9.88 Å².